The van der Waals surface area contributed by atoms with Gasteiger partial charge in [0.2, 0.25) is 0 Å². The maximum Gasteiger partial charge on any atom is 0.0581 e. The second kappa shape index (κ2) is 5.18. The Hall–Kier alpha value is -0.520. The van der Waals surface area contributed by atoms with Gasteiger partial charge in [-0.25, -0.2) is 0 Å². The number of hydrogen-bond acceptors (Lipinski definition) is 2. The lowest BCUT2D eigenvalue weighted by Crippen LogP contribution is -2.35. The topological polar surface area (TPSA) is 35.2 Å². The molecular weight excluding hydrogens is 150 g/mol. The molecule has 1 saturated carbocycles. The standard InChI is InChI=1S/C10H17NO/c1-2-3-4-5-12-10-6-9(7-10)8-11/h9-10H,4-8,11H2,1H3. The van der Waals surface area contributed by atoms with Gasteiger partial charge in [-0.15, -0.1) is 11.8 Å². The molecule has 0 aromatic carbocycles. The highest BCUT2D eigenvalue weighted by molar-refractivity contribution is 4.94. The van der Waals surface area contributed by atoms with Gasteiger partial charge in [0.25, 0.3) is 0 Å². The Morgan fingerprint density at radius 1 is 1.50 bits per heavy atom. The Labute approximate surface area is 74.5 Å². The van der Waals surface area contributed by atoms with E-state index in [1.807, 2.05) is 6.92 Å². The minimum absolute atomic E-state index is 0.470. The first-order valence-corrected chi connectivity index (χ1v) is 4.58. The molecule has 68 valence electrons. The van der Waals surface area contributed by atoms with Crippen LogP contribution in [0.4, 0.5) is 0 Å². The van der Waals surface area contributed by atoms with Crippen LogP contribution in [0.1, 0.15) is 26.2 Å². The van der Waals surface area contributed by atoms with E-state index in [-0.39, 0.29) is 0 Å². The molecule has 0 atom stereocenters. The summed E-state index contributed by atoms with van der Waals surface area (Å²) in [6.07, 6.45) is 3.63. The lowest BCUT2D eigenvalue weighted by atomic mass is 9.82. The Kier molecular flexibility index (Phi) is 4.13. The monoisotopic (exact) mass is 167 g/mol. The summed E-state index contributed by atoms with van der Waals surface area (Å²) >= 11 is 0. The molecular formula is C10H17NO. The molecule has 0 saturated heterocycles. The van der Waals surface area contributed by atoms with E-state index >= 15 is 0 Å². The van der Waals surface area contributed by atoms with Crippen molar-refractivity contribution in [1.82, 2.24) is 0 Å². The van der Waals surface area contributed by atoms with Gasteiger partial charge in [-0.2, -0.15) is 0 Å². The highest BCUT2D eigenvalue weighted by Gasteiger charge is 2.27. The van der Waals surface area contributed by atoms with Gasteiger partial charge in [-0.05, 0) is 32.2 Å². The third kappa shape index (κ3) is 2.84. The third-order valence-corrected chi connectivity index (χ3v) is 2.28. The predicted octanol–water partition coefficient (Wildman–Crippen LogP) is 1.15. The van der Waals surface area contributed by atoms with Gasteiger partial charge in [0.05, 0.1) is 12.7 Å². The molecule has 2 heteroatoms. The molecule has 12 heavy (non-hydrogen) atoms. The molecule has 2 nitrogen and oxygen atoms in total. The molecule has 2 N–H and O–H groups in total. The molecule has 0 spiro atoms. The molecule has 1 rings (SSSR count). The van der Waals surface area contributed by atoms with Crippen molar-refractivity contribution < 1.29 is 4.74 Å². The van der Waals surface area contributed by atoms with Crippen LogP contribution >= 0.6 is 0 Å². The normalized spacial score (nSPS) is 27.2. The van der Waals surface area contributed by atoms with Gasteiger partial charge in [-0.3, -0.25) is 0 Å². The van der Waals surface area contributed by atoms with Gasteiger partial charge in [0, 0.05) is 6.42 Å². The zero-order valence-corrected chi connectivity index (χ0v) is 7.68. The van der Waals surface area contributed by atoms with Gasteiger partial charge in [0.15, 0.2) is 0 Å². The smallest absolute Gasteiger partial charge is 0.0581 e. The van der Waals surface area contributed by atoms with Crippen LogP contribution in [0.15, 0.2) is 0 Å². The number of rotatable bonds is 4. The van der Waals surface area contributed by atoms with Crippen LogP contribution in [-0.2, 0) is 4.74 Å². The average molecular weight is 167 g/mol. The van der Waals surface area contributed by atoms with E-state index in [2.05, 4.69) is 11.8 Å². The van der Waals surface area contributed by atoms with E-state index in [0.717, 1.165) is 32.4 Å². The minimum Gasteiger partial charge on any atom is -0.377 e. The average Bonchev–Trinajstić information content (AvgIpc) is 2.01. The van der Waals surface area contributed by atoms with Crippen molar-refractivity contribution in [3.63, 3.8) is 0 Å². The van der Waals surface area contributed by atoms with Gasteiger partial charge in [0.1, 0.15) is 0 Å². The van der Waals surface area contributed by atoms with Crippen molar-refractivity contribution in [2.45, 2.75) is 32.3 Å². The SMILES string of the molecule is CC#CCCOC1CC(CN)C1. The second-order valence-electron chi connectivity index (χ2n) is 3.24. The third-order valence-electron chi connectivity index (χ3n) is 2.28. The fraction of sp³-hybridized carbons (Fsp3) is 0.800. The minimum atomic E-state index is 0.470. The van der Waals surface area contributed by atoms with Gasteiger partial charge < -0.3 is 10.5 Å². The largest absolute Gasteiger partial charge is 0.377 e. The van der Waals surface area contributed by atoms with Crippen LogP contribution in [0.3, 0.4) is 0 Å². The van der Waals surface area contributed by atoms with Crippen molar-refractivity contribution in [1.29, 1.82) is 0 Å². The van der Waals surface area contributed by atoms with Crippen molar-refractivity contribution in [2.24, 2.45) is 11.7 Å². The van der Waals surface area contributed by atoms with Crippen molar-refractivity contribution >= 4 is 0 Å². The summed E-state index contributed by atoms with van der Waals surface area (Å²) in [6, 6.07) is 0. The first-order valence-electron chi connectivity index (χ1n) is 4.58. The zero-order valence-electron chi connectivity index (χ0n) is 7.68. The van der Waals surface area contributed by atoms with Crippen LogP contribution in [0.5, 0.6) is 0 Å². The Morgan fingerprint density at radius 2 is 2.25 bits per heavy atom. The molecule has 0 aromatic heterocycles. The van der Waals surface area contributed by atoms with E-state index < -0.39 is 0 Å². The van der Waals surface area contributed by atoms with Crippen molar-refractivity contribution in [3.8, 4) is 11.8 Å². The summed E-state index contributed by atoms with van der Waals surface area (Å²) in [5.74, 6) is 6.54. The summed E-state index contributed by atoms with van der Waals surface area (Å²) in [7, 11) is 0. The van der Waals surface area contributed by atoms with E-state index in [1.54, 1.807) is 0 Å². The maximum atomic E-state index is 5.55. The molecule has 0 aliphatic heterocycles. The number of hydrogen-bond donors (Lipinski definition) is 1. The predicted molar refractivity (Wildman–Crippen MR) is 49.6 cm³/mol. The fourth-order valence-electron chi connectivity index (χ4n) is 1.40. The summed E-state index contributed by atoms with van der Waals surface area (Å²) < 4.78 is 5.55. The fourth-order valence-corrected chi connectivity index (χ4v) is 1.40. The molecule has 1 fully saturated rings. The van der Waals surface area contributed by atoms with E-state index in [0.29, 0.717) is 12.0 Å². The van der Waals surface area contributed by atoms with Crippen LogP contribution in [0, 0.1) is 17.8 Å². The molecule has 0 radical (unpaired) electrons. The summed E-state index contributed by atoms with van der Waals surface area (Å²) in [6.45, 7) is 3.45. The van der Waals surface area contributed by atoms with Gasteiger partial charge in [-0.1, -0.05) is 0 Å². The highest BCUT2D eigenvalue weighted by atomic mass is 16.5. The Bertz CT molecular complexity index is 174. The Balaban J connectivity index is 1.92. The summed E-state index contributed by atoms with van der Waals surface area (Å²) in [5.41, 5.74) is 5.49. The van der Waals surface area contributed by atoms with Crippen LogP contribution in [0.2, 0.25) is 0 Å². The molecule has 0 unspecified atom stereocenters. The molecule has 0 bridgehead atoms. The molecule has 1 aliphatic rings. The van der Waals surface area contributed by atoms with Crippen LogP contribution < -0.4 is 5.73 Å². The second-order valence-corrected chi connectivity index (χ2v) is 3.24. The molecule has 1 aliphatic carbocycles. The van der Waals surface area contributed by atoms with Crippen LogP contribution in [0.25, 0.3) is 0 Å². The first-order chi connectivity index (χ1) is 5.86. The Morgan fingerprint density at radius 3 is 2.83 bits per heavy atom. The quantitative estimate of drug-likeness (QED) is 0.503. The lowest BCUT2D eigenvalue weighted by Gasteiger charge is -2.34. The van der Waals surface area contributed by atoms with Crippen molar-refractivity contribution in [2.75, 3.05) is 13.2 Å². The number of nitrogens with two attached hydrogens (primary N) is 1. The summed E-state index contributed by atoms with van der Waals surface area (Å²) in [5, 5.41) is 0. The van der Waals surface area contributed by atoms with Crippen LogP contribution in [-0.4, -0.2) is 19.3 Å². The molecule has 0 aromatic rings. The maximum absolute atomic E-state index is 5.55. The summed E-state index contributed by atoms with van der Waals surface area (Å²) in [4.78, 5) is 0. The van der Waals surface area contributed by atoms with E-state index in [1.165, 1.54) is 0 Å². The first kappa shape index (κ1) is 9.57. The lowest BCUT2D eigenvalue weighted by molar-refractivity contribution is -0.0251. The highest BCUT2D eigenvalue weighted by Crippen LogP contribution is 2.28. The molecule has 0 amide bonds. The van der Waals surface area contributed by atoms with E-state index in [9.17, 15) is 0 Å². The number of ether oxygens (including phenoxy) is 1. The van der Waals surface area contributed by atoms with E-state index in [4.69, 9.17) is 10.5 Å². The molecule has 0 heterocycles. The zero-order chi connectivity index (χ0) is 8.81. The van der Waals surface area contributed by atoms with Gasteiger partial charge >= 0.3 is 0 Å². The van der Waals surface area contributed by atoms with Crippen molar-refractivity contribution in [3.05, 3.63) is 0 Å².